The van der Waals surface area contributed by atoms with Crippen LogP contribution in [-0.4, -0.2) is 26.0 Å². The van der Waals surface area contributed by atoms with Crippen molar-refractivity contribution in [2.45, 2.75) is 43.7 Å². The number of aliphatic imine (C=N–C) groups is 1. The van der Waals surface area contributed by atoms with Gasteiger partial charge in [-0.2, -0.15) is 13.2 Å². The van der Waals surface area contributed by atoms with Crippen molar-refractivity contribution < 1.29 is 22.3 Å². The molecule has 2 N–H and O–H groups in total. The van der Waals surface area contributed by atoms with E-state index in [0.29, 0.717) is 17.0 Å². The molecule has 0 amide bonds. The summed E-state index contributed by atoms with van der Waals surface area (Å²) in [6.07, 6.45) is -2.64. The number of hydrogen-bond donors (Lipinski definition) is 1. The van der Waals surface area contributed by atoms with Crippen LogP contribution in [0.25, 0.3) is 0 Å². The predicted molar refractivity (Wildman–Crippen MR) is 110 cm³/mol. The molecule has 30 heavy (non-hydrogen) atoms. The number of alkyl halides is 3. The third-order valence-electron chi connectivity index (χ3n) is 5.99. The molecule has 1 heterocycles. The van der Waals surface area contributed by atoms with Crippen molar-refractivity contribution in [1.82, 2.24) is 0 Å². The molecule has 3 atom stereocenters. The van der Waals surface area contributed by atoms with E-state index < -0.39 is 29.2 Å². The van der Waals surface area contributed by atoms with Gasteiger partial charge in [0.25, 0.3) is 0 Å². The highest BCUT2D eigenvalue weighted by molar-refractivity contribution is 5.83. The fraction of sp³-hybridized carbons (Fsp3) is 0.435. The number of benzene rings is 2. The monoisotopic (exact) mass is 422 g/mol. The highest BCUT2D eigenvalue weighted by Crippen LogP contribution is 2.52. The summed E-state index contributed by atoms with van der Waals surface area (Å²) >= 11 is 0. The first-order valence-corrected chi connectivity index (χ1v) is 9.95. The van der Waals surface area contributed by atoms with Crippen LogP contribution in [0.2, 0.25) is 0 Å². The maximum Gasteiger partial charge on any atom is 0.391 e. The summed E-state index contributed by atoms with van der Waals surface area (Å²) in [6, 6.07) is 11.3. The van der Waals surface area contributed by atoms with Crippen molar-refractivity contribution in [3.63, 3.8) is 0 Å². The van der Waals surface area contributed by atoms with E-state index >= 15 is 0 Å². The molecule has 3 unspecified atom stereocenters. The van der Waals surface area contributed by atoms with Crippen LogP contribution >= 0.6 is 0 Å². The summed E-state index contributed by atoms with van der Waals surface area (Å²) in [4.78, 5) is 4.51. The molecule has 0 saturated carbocycles. The Labute approximate surface area is 174 Å². The van der Waals surface area contributed by atoms with E-state index in [1.54, 1.807) is 37.4 Å². The third-order valence-corrected chi connectivity index (χ3v) is 5.99. The van der Waals surface area contributed by atoms with E-state index in [4.69, 9.17) is 10.5 Å². The number of halogens is 4. The molecular formula is C23H26F4N2O. The number of para-hydroxylation sites is 1. The zero-order chi connectivity index (χ0) is 21.9. The van der Waals surface area contributed by atoms with Gasteiger partial charge in [-0.15, -0.1) is 0 Å². The van der Waals surface area contributed by atoms with Crippen LogP contribution in [0, 0.1) is 11.7 Å². The molecule has 2 aromatic rings. The largest absolute Gasteiger partial charge is 0.496 e. The highest BCUT2D eigenvalue weighted by Gasteiger charge is 2.47. The molecule has 0 bridgehead atoms. The van der Waals surface area contributed by atoms with Crippen LogP contribution in [0.1, 0.15) is 43.2 Å². The Morgan fingerprint density at radius 1 is 1.20 bits per heavy atom. The quantitative estimate of drug-likeness (QED) is 0.565. The van der Waals surface area contributed by atoms with Crippen molar-refractivity contribution >= 4 is 11.9 Å². The lowest BCUT2D eigenvalue weighted by atomic mass is 9.64. The SMILES string of the molecule is COc1ccc(F)cc1C1(C)C=Nc2ccccc2C1CC(CCCN)C(F)(F)F. The van der Waals surface area contributed by atoms with Crippen LogP contribution in [0.4, 0.5) is 23.2 Å². The smallest absolute Gasteiger partial charge is 0.391 e. The molecule has 0 saturated heterocycles. The fourth-order valence-corrected chi connectivity index (χ4v) is 4.31. The first kappa shape index (κ1) is 22.3. The van der Waals surface area contributed by atoms with E-state index in [1.165, 1.54) is 25.3 Å². The van der Waals surface area contributed by atoms with E-state index in [2.05, 4.69) is 4.99 Å². The number of nitrogens with two attached hydrogens (primary N) is 1. The Bertz CT molecular complexity index is 912. The Morgan fingerprint density at radius 2 is 1.93 bits per heavy atom. The van der Waals surface area contributed by atoms with Gasteiger partial charge in [-0.1, -0.05) is 18.2 Å². The average molecular weight is 422 g/mol. The van der Waals surface area contributed by atoms with Crippen LogP contribution in [-0.2, 0) is 5.41 Å². The molecule has 1 aliphatic heterocycles. The van der Waals surface area contributed by atoms with Gasteiger partial charge in [0.2, 0.25) is 0 Å². The first-order chi connectivity index (χ1) is 14.2. The van der Waals surface area contributed by atoms with Gasteiger partial charge in [-0.25, -0.2) is 4.39 Å². The van der Waals surface area contributed by atoms with Gasteiger partial charge in [-0.05, 0) is 62.6 Å². The third kappa shape index (κ3) is 4.36. The van der Waals surface area contributed by atoms with Gasteiger partial charge >= 0.3 is 6.18 Å². The molecule has 1 aliphatic rings. The zero-order valence-electron chi connectivity index (χ0n) is 17.0. The second kappa shape index (κ2) is 8.76. The second-order valence-corrected chi connectivity index (χ2v) is 7.90. The molecule has 162 valence electrons. The van der Waals surface area contributed by atoms with Crippen LogP contribution < -0.4 is 10.5 Å². The lowest BCUT2D eigenvalue weighted by molar-refractivity contribution is -0.180. The Hall–Kier alpha value is -2.41. The summed E-state index contributed by atoms with van der Waals surface area (Å²) in [6.45, 7) is 2.00. The number of fused-ring (bicyclic) bond motifs is 1. The van der Waals surface area contributed by atoms with E-state index in [1.807, 2.05) is 0 Å². The molecule has 7 heteroatoms. The Kier molecular flexibility index (Phi) is 6.50. The minimum Gasteiger partial charge on any atom is -0.496 e. The van der Waals surface area contributed by atoms with E-state index in [-0.39, 0.29) is 25.8 Å². The number of ether oxygens (including phenoxy) is 1. The molecule has 3 nitrogen and oxygen atoms in total. The lowest BCUT2D eigenvalue weighted by Gasteiger charge is -2.41. The molecule has 2 aromatic carbocycles. The summed E-state index contributed by atoms with van der Waals surface area (Å²) in [5, 5.41) is 0. The van der Waals surface area contributed by atoms with Crippen LogP contribution in [0.15, 0.2) is 47.5 Å². The van der Waals surface area contributed by atoms with Gasteiger partial charge in [0.1, 0.15) is 11.6 Å². The molecule has 0 aromatic heterocycles. The van der Waals surface area contributed by atoms with Crippen molar-refractivity contribution in [1.29, 1.82) is 0 Å². The van der Waals surface area contributed by atoms with Crippen molar-refractivity contribution in [3.8, 4) is 5.75 Å². The second-order valence-electron chi connectivity index (χ2n) is 7.90. The molecule has 0 spiro atoms. The minimum atomic E-state index is -4.36. The number of rotatable bonds is 7. The van der Waals surface area contributed by atoms with Gasteiger partial charge in [0.05, 0.1) is 18.7 Å². The van der Waals surface area contributed by atoms with E-state index in [0.717, 1.165) is 5.56 Å². The van der Waals surface area contributed by atoms with E-state index in [9.17, 15) is 17.6 Å². The summed E-state index contributed by atoms with van der Waals surface area (Å²) in [5.41, 5.74) is 6.34. The van der Waals surface area contributed by atoms with Crippen LogP contribution in [0.3, 0.4) is 0 Å². The number of hydrogen-bond acceptors (Lipinski definition) is 3. The van der Waals surface area contributed by atoms with Gasteiger partial charge in [0.15, 0.2) is 0 Å². The Balaban J connectivity index is 2.13. The molecule has 0 fully saturated rings. The summed E-state index contributed by atoms with van der Waals surface area (Å²) in [5.74, 6) is -2.15. The van der Waals surface area contributed by atoms with Gasteiger partial charge < -0.3 is 10.5 Å². The molecule has 3 rings (SSSR count). The Morgan fingerprint density at radius 3 is 2.60 bits per heavy atom. The summed E-state index contributed by atoms with van der Waals surface area (Å²) < 4.78 is 61.2. The first-order valence-electron chi connectivity index (χ1n) is 9.95. The van der Waals surface area contributed by atoms with Crippen LogP contribution in [0.5, 0.6) is 5.75 Å². The van der Waals surface area contributed by atoms with Gasteiger partial charge in [-0.3, -0.25) is 4.99 Å². The minimum absolute atomic E-state index is 0.0494. The topological polar surface area (TPSA) is 47.6 Å². The zero-order valence-corrected chi connectivity index (χ0v) is 17.0. The van der Waals surface area contributed by atoms with Crippen molar-refractivity contribution in [3.05, 3.63) is 59.4 Å². The van der Waals surface area contributed by atoms with Gasteiger partial charge in [0, 0.05) is 23.1 Å². The maximum absolute atomic E-state index is 14.2. The highest BCUT2D eigenvalue weighted by atomic mass is 19.4. The molecule has 0 radical (unpaired) electrons. The summed E-state index contributed by atoms with van der Waals surface area (Å²) in [7, 11) is 1.46. The fourth-order valence-electron chi connectivity index (χ4n) is 4.31. The maximum atomic E-state index is 14.2. The average Bonchev–Trinajstić information content (AvgIpc) is 2.71. The normalized spacial score (nSPS) is 21.9. The lowest BCUT2D eigenvalue weighted by Crippen LogP contribution is -2.38. The molecular weight excluding hydrogens is 396 g/mol. The van der Waals surface area contributed by atoms with Crippen molar-refractivity contribution in [2.75, 3.05) is 13.7 Å². The standard InChI is InChI=1S/C23H26F4N2O/c1-22(19-13-16(24)9-10-21(19)30-2)14-29-20-8-4-3-7-17(20)18(22)12-15(6-5-11-28)23(25,26)27/h3-4,7-10,13-15,18H,5-6,11-12,28H2,1-2H3. The number of methoxy groups -OCH3 is 1. The van der Waals surface area contributed by atoms with Crippen molar-refractivity contribution in [2.24, 2.45) is 16.6 Å². The number of nitrogens with zero attached hydrogens (tertiary/aromatic N) is 1. The molecule has 0 aliphatic carbocycles. The predicted octanol–water partition coefficient (Wildman–Crippen LogP) is 5.90.